The van der Waals surface area contributed by atoms with Gasteiger partial charge in [-0.3, -0.25) is 4.99 Å². The summed E-state index contributed by atoms with van der Waals surface area (Å²) in [7, 11) is 0. The predicted octanol–water partition coefficient (Wildman–Crippen LogP) is 2.40. The Hall–Kier alpha value is -0.180. The minimum atomic E-state index is 0.379. The maximum absolute atomic E-state index is 4.61. The second-order valence-corrected chi connectivity index (χ2v) is 6.41. The Kier molecular flexibility index (Phi) is 2.05. The van der Waals surface area contributed by atoms with Gasteiger partial charge < -0.3 is 5.32 Å². The monoisotopic (exact) mass is 210 g/mol. The van der Waals surface area contributed by atoms with Gasteiger partial charge in [-0.25, -0.2) is 0 Å². The minimum Gasteiger partial charge on any atom is -0.360 e. The number of nitrogens with zero attached hydrogens (tertiary/aromatic N) is 1. The third kappa shape index (κ3) is 1.67. The Balaban J connectivity index is 1.54. The topological polar surface area (TPSA) is 24.4 Å². The van der Waals surface area contributed by atoms with E-state index in [1.165, 1.54) is 37.3 Å². The first-order valence-electron chi connectivity index (χ1n) is 5.74. The van der Waals surface area contributed by atoms with Gasteiger partial charge in [-0.2, -0.15) is 0 Å². The first kappa shape index (κ1) is 9.08. The lowest BCUT2D eigenvalue weighted by molar-refractivity contribution is 0.245. The molecule has 0 radical (unpaired) electrons. The van der Waals surface area contributed by atoms with E-state index in [0.29, 0.717) is 5.54 Å². The number of amidine groups is 1. The number of hydrogen-bond acceptors (Lipinski definition) is 3. The lowest BCUT2D eigenvalue weighted by Gasteiger charge is -2.39. The number of aliphatic imine (C=N–C) groups is 1. The lowest BCUT2D eigenvalue weighted by Crippen LogP contribution is -2.49. The maximum atomic E-state index is 4.61. The van der Waals surface area contributed by atoms with Gasteiger partial charge in [0.2, 0.25) is 0 Å². The Morgan fingerprint density at radius 1 is 1.43 bits per heavy atom. The molecule has 1 N–H and O–H groups in total. The van der Waals surface area contributed by atoms with Crippen LogP contribution < -0.4 is 5.32 Å². The van der Waals surface area contributed by atoms with Crippen molar-refractivity contribution in [3.63, 3.8) is 0 Å². The molecule has 0 amide bonds. The van der Waals surface area contributed by atoms with Crippen molar-refractivity contribution in [2.45, 2.75) is 49.8 Å². The van der Waals surface area contributed by atoms with E-state index in [4.69, 9.17) is 0 Å². The van der Waals surface area contributed by atoms with Crippen molar-refractivity contribution in [2.24, 2.45) is 10.9 Å². The second kappa shape index (κ2) is 3.16. The van der Waals surface area contributed by atoms with Gasteiger partial charge in [-0.15, -0.1) is 0 Å². The van der Waals surface area contributed by atoms with E-state index in [0.717, 1.165) is 17.7 Å². The van der Waals surface area contributed by atoms with Crippen molar-refractivity contribution in [3.05, 3.63) is 0 Å². The standard InChI is InChI=1S/C11H18N2S/c1-11(5-2-6-11)13-10-12-7-9(14-10)8-3-4-8/h8-9H,2-7H2,1H3,(H,12,13). The van der Waals surface area contributed by atoms with Crippen LogP contribution in [0.1, 0.15) is 39.0 Å². The molecule has 0 bridgehead atoms. The highest BCUT2D eigenvalue weighted by Crippen LogP contribution is 2.42. The fourth-order valence-electron chi connectivity index (χ4n) is 2.26. The van der Waals surface area contributed by atoms with Gasteiger partial charge in [0.15, 0.2) is 5.17 Å². The molecule has 0 aromatic carbocycles. The molecule has 0 aromatic rings. The van der Waals surface area contributed by atoms with Crippen LogP contribution in [0.4, 0.5) is 0 Å². The Labute approximate surface area is 89.9 Å². The molecule has 0 aromatic heterocycles. The number of thioether (sulfide) groups is 1. The fourth-order valence-corrected chi connectivity index (χ4v) is 3.62. The van der Waals surface area contributed by atoms with Gasteiger partial charge in [-0.05, 0) is 44.9 Å². The van der Waals surface area contributed by atoms with Gasteiger partial charge in [0.1, 0.15) is 0 Å². The van der Waals surface area contributed by atoms with Crippen LogP contribution in [0.2, 0.25) is 0 Å². The van der Waals surface area contributed by atoms with E-state index in [1.807, 2.05) is 11.8 Å². The molecule has 0 saturated heterocycles. The highest BCUT2D eigenvalue weighted by atomic mass is 32.2. The van der Waals surface area contributed by atoms with Crippen LogP contribution in [-0.2, 0) is 0 Å². The molecule has 2 fully saturated rings. The maximum Gasteiger partial charge on any atom is 0.157 e. The molecule has 2 saturated carbocycles. The Morgan fingerprint density at radius 3 is 2.79 bits per heavy atom. The van der Waals surface area contributed by atoms with E-state index in [2.05, 4.69) is 17.2 Å². The first-order valence-corrected chi connectivity index (χ1v) is 6.62. The SMILES string of the molecule is CC1(NC2=NCC(C3CC3)S2)CCC1. The highest BCUT2D eigenvalue weighted by molar-refractivity contribution is 8.14. The van der Waals surface area contributed by atoms with Crippen molar-refractivity contribution < 1.29 is 0 Å². The zero-order chi connectivity index (χ0) is 9.60. The van der Waals surface area contributed by atoms with Crippen LogP contribution in [0.3, 0.4) is 0 Å². The summed E-state index contributed by atoms with van der Waals surface area (Å²) in [6.45, 7) is 3.39. The lowest BCUT2D eigenvalue weighted by atomic mass is 9.79. The molecule has 3 aliphatic rings. The molecular weight excluding hydrogens is 192 g/mol. The first-order chi connectivity index (χ1) is 6.75. The van der Waals surface area contributed by atoms with Crippen LogP contribution in [0.15, 0.2) is 4.99 Å². The van der Waals surface area contributed by atoms with Gasteiger partial charge >= 0.3 is 0 Å². The van der Waals surface area contributed by atoms with Crippen molar-refractivity contribution in [1.29, 1.82) is 0 Å². The summed E-state index contributed by atoms with van der Waals surface area (Å²) < 4.78 is 0. The van der Waals surface area contributed by atoms with Crippen LogP contribution in [-0.4, -0.2) is 22.5 Å². The van der Waals surface area contributed by atoms with Crippen molar-refractivity contribution >= 4 is 16.9 Å². The average molecular weight is 210 g/mol. The minimum absolute atomic E-state index is 0.379. The Morgan fingerprint density at radius 2 is 2.21 bits per heavy atom. The zero-order valence-electron chi connectivity index (χ0n) is 8.75. The summed E-state index contributed by atoms with van der Waals surface area (Å²) in [6, 6.07) is 0. The quantitative estimate of drug-likeness (QED) is 0.757. The molecular formula is C11H18N2S. The van der Waals surface area contributed by atoms with Gasteiger partial charge in [0, 0.05) is 10.8 Å². The van der Waals surface area contributed by atoms with E-state index in [1.54, 1.807) is 0 Å². The van der Waals surface area contributed by atoms with Crippen LogP contribution in [0, 0.1) is 5.92 Å². The summed E-state index contributed by atoms with van der Waals surface area (Å²) in [5.41, 5.74) is 0.379. The van der Waals surface area contributed by atoms with Gasteiger partial charge in [0.25, 0.3) is 0 Å². The van der Waals surface area contributed by atoms with Crippen molar-refractivity contribution in [3.8, 4) is 0 Å². The summed E-state index contributed by atoms with van der Waals surface area (Å²) >= 11 is 2.00. The molecule has 14 heavy (non-hydrogen) atoms. The molecule has 1 atom stereocenters. The molecule has 1 aliphatic heterocycles. The van der Waals surface area contributed by atoms with E-state index in [9.17, 15) is 0 Å². The number of rotatable bonds is 2. The normalized spacial score (nSPS) is 34.9. The third-order valence-corrected chi connectivity index (χ3v) is 4.98. The molecule has 78 valence electrons. The third-order valence-electron chi connectivity index (χ3n) is 3.69. The Bertz CT molecular complexity index is 266. The van der Waals surface area contributed by atoms with Gasteiger partial charge in [0.05, 0.1) is 6.54 Å². The zero-order valence-corrected chi connectivity index (χ0v) is 9.57. The molecule has 0 spiro atoms. The molecule has 3 rings (SSSR count). The van der Waals surface area contributed by atoms with Gasteiger partial charge in [-0.1, -0.05) is 11.8 Å². The van der Waals surface area contributed by atoms with E-state index >= 15 is 0 Å². The van der Waals surface area contributed by atoms with E-state index < -0.39 is 0 Å². The molecule has 1 unspecified atom stereocenters. The van der Waals surface area contributed by atoms with Crippen LogP contribution in [0.25, 0.3) is 0 Å². The predicted molar refractivity (Wildman–Crippen MR) is 61.8 cm³/mol. The molecule has 2 aliphatic carbocycles. The number of nitrogens with one attached hydrogen (secondary N) is 1. The number of hydrogen-bond donors (Lipinski definition) is 1. The summed E-state index contributed by atoms with van der Waals surface area (Å²) in [5, 5.41) is 5.65. The second-order valence-electron chi connectivity index (χ2n) is 5.18. The van der Waals surface area contributed by atoms with E-state index in [-0.39, 0.29) is 0 Å². The van der Waals surface area contributed by atoms with Crippen molar-refractivity contribution in [2.75, 3.05) is 6.54 Å². The summed E-state index contributed by atoms with van der Waals surface area (Å²) in [5.74, 6) is 0.984. The van der Waals surface area contributed by atoms with Crippen LogP contribution in [0.5, 0.6) is 0 Å². The molecule has 3 heteroatoms. The summed E-state index contributed by atoms with van der Waals surface area (Å²) in [4.78, 5) is 4.61. The largest absolute Gasteiger partial charge is 0.360 e. The molecule has 2 nitrogen and oxygen atoms in total. The summed E-state index contributed by atoms with van der Waals surface area (Å²) in [6.07, 6.45) is 6.91. The highest BCUT2D eigenvalue weighted by Gasteiger charge is 2.38. The smallest absolute Gasteiger partial charge is 0.157 e. The average Bonchev–Trinajstić information content (AvgIpc) is 2.86. The molecule has 1 heterocycles. The van der Waals surface area contributed by atoms with Crippen molar-refractivity contribution in [1.82, 2.24) is 5.32 Å². The van der Waals surface area contributed by atoms with Crippen LogP contribution >= 0.6 is 11.8 Å². The fraction of sp³-hybridized carbons (Fsp3) is 0.909.